The molecule has 25 heavy (non-hydrogen) atoms. The molecule has 1 aliphatic heterocycles. The van der Waals surface area contributed by atoms with Gasteiger partial charge in [0.1, 0.15) is 30.6 Å². The SMILES string of the molecule is COc1ncnc(N)c1CNC[C@H](O)COc1ccc2c(c1)OCO2. The van der Waals surface area contributed by atoms with Gasteiger partial charge in [0.15, 0.2) is 11.5 Å². The van der Waals surface area contributed by atoms with Crippen LogP contribution in [0.4, 0.5) is 5.82 Å². The van der Waals surface area contributed by atoms with Gasteiger partial charge >= 0.3 is 0 Å². The first-order valence-electron chi connectivity index (χ1n) is 7.72. The zero-order valence-electron chi connectivity index (χ0n) is 13.8. The lowest BCUT2D eigenvalue weighted by molar-refractivity contribution is 0.106. The standard InChI is InChI=1S/C16H20N4O5/c1-22-16-12(15(17)19-8-20-16)6-18-5-10(21)7-23-11-2-3-13-14(4-11)25-9-24-13/h2-4,8,10,18,21H,5-7,9H2,1H3,(H2,17,19,20)/t10-/m0/s1. The van der Waals surface area contributed by atoms with Crippen molar-refractivity contribution in [2.75, 3.05) is 32.8 Å². The number of nitrogens with zero attached hydrogens (tertiary/aromatic N) is 2. The van der Waals surface area contributed by atoms with Crippen molar-refractivity contribution >= 4 is 5.82 Å². The number of aromatic nitrogens is 2. The van der Waals surface area contributed by atoms with E-state index in [1.165, 1.54) is 13.4 Å². The van der Waals surface area contributed by atoms with Crippen LogP contribution in [0.2, 0.25) is 0 Å². The summed E-state index contributed by atoms with van der Waals surface area (Å²) in [6.07, 6.45) is 0.633. The van der Waals surface area contributed by atoms with Crippen molar-refractivity contribution in [1.82, 2.24) is 15.3 Å². The molecule has 1 atom stereocenters. The maximum absolute atomic E-state index is 10.0. The lowest BCUT2D eigenvalue weighted by Gasteiger charge is -2.14. The average molecular weight is 348 g/mol. The van der Waals surface area contributed by atoms with Gasteiger partial charge in [-0.25, -0.2) is 9.97 Å². The number of ether oxygens (including phenoxy) is 4. The van der Waals surface area contributed by atoms with Crippen molar-refractivity contribution in [3.63, 3.8) is 0 Å². The number of anilines is 1. The number of aliphatic hydroxyl groups is 1. The Morgan fingerprint density at radius 3 is 3.00 bits per heavy atom. The van der Waals surface area contributed by atoms with Crippen LogP contribution in [0.3, 0.4) is 0 Å². The fraction of sp³-hybridized carbons (Fsp3) is 0.375. The molecule has 3 rings (SSSR count). The smallest absolute Gasteiger partial charge is 0.231 e. The van der Waals surface area contributed by atoms with E-state index in [0.717, 1.165) is 0 Å². The molecule has 9 nitrogen and oxygen atoms in total. The number of aliphatic hydroxyl groups excluding tert-OH is 1. The van der Waals surface area contributed by atoms with Crippen molar-refractivity contribution in [3.05, 3.63) is 30.1 Å². The van der Waals surface area contributed by atoms with E-state index < -0.39 is 6.10 Å². The van der Waals surface area contributed by atoms with Gasteiger partial charge in [0.25, 0.3) is 0 Å². The number of hydrogen-bond donors (Lipinski definition) is 3. The van der Waals surface area contributed by atoms with Crippen LogP contribution in [-0.4, -0.2) is 48.2 Å². The Kier molecular flexibility index (Phi) is 5.36. The molecule has 134 valence electrons. The Balaban J connectivity index is 1.45. The molecule has 0 aliphatic carbocycles. The minimum absolute atomic E-state index is 0.130. The van der Waals surface area contributed by atoms with Crippen molar-refractivity contribution in [3.8, 4) is 23.1 Å². The number of benzene rings is 1. The van der Waals surface area contributed by atoms with E-state index in [1.54, 1.807) is 18.2 Å². The third kappa shape index (κ3) is 4.20. The first kappa shape index (κ1) is 17.1. The molecule has 0 unspecified atom stereocenters. The topological polar surface area (TPSA) is 121 Å². The molecule has 9 heteroatoms. The Hall–Kier alpha value is -2.78. The van der Waals surface area contributed by atoms with E-state index >= 15 is 0 Å². The van der Waals surface area contributed by atoms with E-state index in [0.29, 0.717) is 47.6 Å². The summed E-state index contributed by atoms with van der Waals surface area (Å²) in [5, 5.41) is 13.1. The van der Waals surface area contributed by atoms with Gasteiger partial charge in [-0.1, -0.05) is 0 Å². The molecule has 0 radical (unpaired) electrons. The predicted molar refractivity (Wildman–Crippen MR) is 88.8 cm³/mol. The second kappa shape index (κ2) is 7.86. The summed E-state index contributed by atoms with van der Waals surface area (Å²) < 4.78 is 21.2. The molecule has 1 aromatic carbocycles. The Labute approximate surface area is 144 Å². The summed E-state index contributed by atoms with van der Waals surface area (Å²) >= 11 is 0. The third-order valence-corrected chi connectivity index (χ3v) is 3.60. The highest BCUT2D eigenvalue weighted by Crippen LogP contribution is 2.35. The molecule has 2 heterocycles. The van der Waals surface area contributed by atoms with Gasteiger partial charge in [-0.15, -0.1) is 0 Å². The zero-order valence-corrected chi connectivity index (χ0v) is 13.8. The lowest BCUT2D eigenvalue weighted by atomic mass is 10.2. The van der Waals surface area contributed by atoms with Crippen LogP contribution >= 0.6 is 0 Å². The van der Waals surface area contributed by atoms with Crippen LogP contribution in [0, 0.1) is 0 Å². The number of methoxy groups -OCH3 is 1. The number of nitrogens with two attached hydrogens (primary N) is 1. The molecule has 2 aromatic rings. The van der Waals surface area contributed by atoms with Gasteiger partial charge in [0.2, 0.25) is 12.7 Å². The summed E-state index contributed by atoms with van der Waals surface area (Å²) in [6, 6.07) is 5.27. The lowest BCUT2D eigenvalue weighted by Crippen LogP contribution is -2.31. The summed E-state index contributed by atoms with van der Waals surface area (Å²) in [6.45, 7) is 1.02. The summed E-state index contributed by atoms with van der Waals surface area (Å²) in [7, 11) is 1.51. The van der Waals surface area contributed by atoms with Crippen molar-refractivity contribution < 1.29 is 24.1 Å². The number of fused-ring (bicyclic) bond motifs is 1. The largest absolute Gasteiger partial charge is 0.491 e. The Morgan fingerprint density at radius 1 is 1.32 bits per heavy atom. The van der Waals surface area contributed by atoms with E-state index in [2.05, 4.69) is 15.3 Å². The predicted octanol–water partition coefficient (Wildman–Crippen LogP) is 0.326. The second-order valence-corrected chi connectivity index (χ2v) is 5.36. The monoisotopic (exact) mass is 348 g/mol. The van der Waals surface area contributed by atoms with Crippen molar-refractivity contribution in [2.24, 2.45) is 0 Å². The maximum atomic E-state index is 10.0. The average Bonchev–Trinajstić information content (AvgIpc) is 3.09. The molecule has 0 amide bonds. The highest BCUT2D eigenvalue weighted by molar-refractivity contribution is 5.47. The van der Waals surface area contributed by atoms with Gasteiger partial charge in [-0.3, -0.25) is 0 Å². The van der Waals surface area contributed by atoms with E-state index in [-0.39, 0.29) is 13.4 Å². The molecule has 0 bridgehead atoms. The van der Waals surface area contributed by atoms with Crippen LogP contribution in [-0.2, 0) is 6.54 Å². The summed E-state index contributed by atoms with van der Waals surface area (Å²) in [5.74, 6) is 2.67. The van der Waals surface area contributed by atoms with Gasteiger partial charge < -0.3 is 35.1 Å². The zero-order chi connectivity index (χ0) is 17.6. The maximum Gasteiger partial charge on any atom is 0.231 e. The highest BCUT2D eigenvalue weighted by atomic mass is 16.7. The van der Waals surface area contributed by atoms with E-state index in [9.17, 15) is 5.11 Å². The van der Waals surface area contributed by atoms with Crippen LogP contribution in [0.5, 0.6) is 23.1 Å². The quantitative estimate of drug-likeness (QED) is 0.619. The van der Waals surface area contributed by atoms with E-state index in [4.69, 9.17) is 24.7 Å². The Morgan fingerprint density at radius 2 is 2.16 bits per heavy atom. The number of nitrogen functional groups attached to an aromatic ring is 1. The van der Waals surface area contributed by atoms with E-state index in [1.807, 2.05) is 0 Å². The van der Waals surface area contributed by atoms with Gasteiger partial charge in [0, 0.05) is 19.2 Å². The number of rotatable bonds is 8. The molecule has 0 saturated carbocycles. The summed E-state index contributed by atoms with van der Waals surface area (Å²) in [4.78, 5) is 7.93. The second-order valence-electron chi connectivity index (χ2n) is 5.36. The minimum Gasteiger partial charge on any atom is -0.491 e. The number of hydrogen-bond acceptors (Lipinski definition) is 9. The summed E-state index contributed by atoms with van der Waals surface area (Å²) in [5.41, 5.74) is 6.46. The molecule has 1 aliphatic rings. The molecule has 0 spiro atoms. The fourth-order valence-electron chi connectivity index (χ4n) is 2.33. The Bertz CT molecular complexity index is 728. The molecule has 1 aromatic heterocycles. The van der Waals surface area contributed by atoms with Gasteiger partial charge in [-0.05, 0) is 12.1 Å². The van der Waals surface area contributed by atoms with Crippen LogP contribution in [0.15, 0.2) is 24.5 Å². The molecule has 0 saturated heterocycles. The van der Waals surface area contributed by atoms with Crippen molar-refractivity contribution in [2.45, 2.75) is 12.6 Å². The molecular formula is C16H20N4O5. The molecular weight excluding hydrogens is 328 g/mol. The van der Waals surface area contributed by atoms with Crippen LogP contribution < -0.4 is 30.0 Å². The first-order valence-corrected chi connectivity index (χ1v) is 7.72. The van der Waals surface area contributed by atoms with Gasteiger partial charge in [0.05, 0.1) is 12.7 Å². The van der Waals surface area contributed by atoms with Crippen LogP contribution in [0.1, 0.15) is 5.56 Å². The molecule has 4 N–H and O–H groups in total. The van der Waals surface area contributed by atoms with Gasteiger partial charge in [-0.2, -0.15) is 0 Å². The van der Waals surface area contributed by atoms with Crippen LogP contribution in [0.25, 0.3) is 0 Å². The highest BCUT2D eigenvalue weighted by Gasteiger charge is 2.15. The minimum atomic E-state index is -0.706. The first-order chi connectivity index (χ1) is 12.2. The van der Waals surface area contributed by atoms with Crippen molar-refractivity contribution in [1.29, 1.82) is 0 Å². The fourth-order valence-corrected chi connectivity index (χ4v) is 2.33. The number of nitrogens with one attached hydrogen (secondary N) is 1. The molecule has 0 fully saturated rings. The normalized spacial score (nSPS) is 13.5. The third-order valence-electron chi connectivity index (χ3n) is 3.60.